The Morgan fingerprint density at radius 1 is 1.15 bits per heavy atom. The first-order valence-electron chi connectivity index (χ1n) is 7.07. The minimum atomic E-state index is -1.42. The molecule has 0 saturated carbocycles. The molecule has 0 rings (SSSR count). The molecular weight excluding hydrogens is 258 g/mol. The molecule has 2 N–H and O–H groups in total. The van der Waals surface area contributed by atoms with Gasteiger partial charge < -0.3 is 15.2 Å². The summed E-state index contributed by atoms with van der Waals surface area (Å²) in [7, 11) is 0. The molecule has 0 heterocycles. The fourth-order valence-electron chi connectivity index (χ4n) is 1.77. The molecule has 118 valence electrons. The topological polar surface area (TPSA) is 75.6 Å². The largest absolute Gasteiger partial charge is 0.460 e. The highest BCUT2D eigenvalue weighted by Crippen LogP contribution is 2.14. The van der Waals surface area contributed by atoms with Gasteiger partial charge in [0, 0.05) is 12.5 Å². The van der Waals surface area contributed by atoms with E-state index in [4.69, 9.17) is 4.74 Å². The lowest BCUT2D eigenvalue weighted by atomic mass is 9.93. The summed E-state index contributed by atoms with van der Waals surface area (Å²) < 4.78 is 5.22. The third-order valence-corrected chi connectivity index (χ3v) is 2.51. The van der Waals surface area contributed by atoms with Crippen molar-refractivity contribution < 1.29 is 19.4 Å². The van der Waals surface area contributed by atoms with Gasteiger partial charge in [-0.1, -0.05) is 13.8 Å². The van der Waals surface area contributed by atoms with E-state index in [2.05, 4.69) is 5.32 Å². The molecular formula is C15H29NO4. The minimum Gasteiger partial charge on any atom is -0.460 e. The second-order valence-corrected chi connectivity index (χ2v) is 6.92. The van der Waals surface area contributed by atoms with E-state index < -0.39 is 17.2 Å². The maximum atomic E-state index is 12.1. The zero-order valence-electron chi connectivity index (χ0n) is 13.7. The van der Waals surface area contributed by atoms with Crippen molar-refractivity contribution in [3.05, 3.63) is 0 Å². The third kappa shape index (κ3) is 8.27. The highest BCUT2D eigenvalue weighted by Gasteiger charge is 2.32. The number of aliphatic hydroxyl groups is 1. The Kier molecular flexibility index (Phi) is 6.84. The molecule has 0 saturated heterocycles. The molecule has 0 fully saturated rings. The van der Waals surface area contributed by atoms with Gasteiger partial charge in [0.15, 0.2) is 5.78 Å². The van der Waals surface area contributed by atoms with Gasteiger partial charge in [0.2, 0.25) is 0 Å². The summed E-state index contributed by atoms with van der Waals surface area (Å²) in [5.74, 6) is -0.647. The lowest BCUT2D eigenvalue weighted by Crippen LogP contribution is -2.49. The monoisotopic (exact) mass is 287 g/mol. The van der Waals surface area contributed by atoms with Gasteiger partial charge in [0.25, 0.3) is 0 Å². The predicted octanol–water partition coefficient (Wildman–Crippen LogP) is 1.81. The summed E-state index contributed by atoms with van der Waals surface area (Å²) in [6, 6.07) is -0.465. The van der Waals surface area contributed by atoms with Crippen LogP contribution in [0.4, 0.5) is 0 Å². The molecule has 0 spiro atoms. The number of carbonyl (C=O) groups excluding carboxylic acids is 2. The van der Waals surface area contributed by atoms with Crippen molar-refractivity contribution in [1.82, 2.24) is 5.32 Å². The molecule has 0 aliphatic rings. The molecule has 1 atom stereocenters. The summed E-state index contributed by atoms with van der Waals surface area (Å²) in [6.45, 7) is 12.1. The number of rotatable bonds is 7. The highest BCUT2D eigenvalue weighted by molar-refractivity contribution is 5.91. The summed E-state index contributed by atoms with van der Waals surface area (Å²) in [6.07, 6.45) is 0.458. The minimum absolute atomic E-state index is 0.0879. The molecule has 0 aliphatic carbocycles. The van der Waals surface area contributed by atoms with Crippen molar-refractivity contribution >= 4 is 11.8 Å². The number of hydrogen-bond donors (Lipinski definition) is 2. The number of nitrogens with one attached hydrogen (secondary N) is 1. The molecule has 5 heteroatoms. The summed E-state index contributed by atoms with van der Waals surface area (Å²) >= 11 is 0. The first kappa shape index (κ1) is 19.1. The van der Waals surface area contributed by atoms with Crippen LogP contribution in [0.15, 0.2) is 0 Å². The lowest BCUT2D eigenvalue weighted by Gasteiger charge is -2.26. The van der Waals surface area contributed by atoms with Crippen molar-refractivity contribution in [3.8, 4) is 0 Å². The molecule has 0 aromatic carbocycles. The number of carbonyl (C=O) groups is 2. The Morgan fingerprint density at radius 2 is 1.65 bits per heavy atom. The molecule has 0 amide bonds. The molecule has 5 nitrogen and oxygen atoms in total. The van der Waals surface area contributed by atoms with Gasteiger partial charge in [0.05, 0.1) is 6.04 Å². The van der Waals surface area contributed by atoms with Crippen LogP contribution in [0.3, 0.4) is 0 Å². The van der Waals surface area contributed by atoms with E-state index in [1.165, 1.54) is 13.8 Å². The average Bonchev–Trinajstić information content (AvgIpc) is 2.18. The van der Waals surface area contributed by atoms with E-state index in [-0.39, 0.29) is 24.2 Å². The summed E-state index contributed by atoms with van der Waals surface area (Å²) in [5.41, 5.74) is -1.95. The maximum Gasteiger partial charge on any atom is 0.306 e. The van der Waals surface area contributed by atoms with Crippen LogP contribution in [0.25, 0.3) is 0 Å². The SMILES string of the molecule is CC(C)N[C@H](CCC(=O)OC(C)(C)C)C(=O)C(C)(C)O. The van der Waals surface area contributed by atoms with Crippen LogP contribution in [-0.2, 0) is 14.3 Å². The van der Waals surface area contributed by atoms with Gasteiger partial charge in [-0.15, -0.1) is 0 Å². The number of esters is 1. The van der Waals surface area contributed by atoms with Gasteiger partial charge in [-0.05, 0) is 41.0 Å². The van der Waals surface area contributed by atoms with Crippen molar-refractivity contribution in [3.63, 3.8) is 0 Å². The first-order chi connectivity index (χ1) is 8.83. The Labute approximate surface area is 122 Å². The summed E-state index contributed by atoms with van der Waals surface area (Å²) in [5, 5.41) is 12.9. The fraction of sp³-hybridized carbons (Fsp3) is 0.867. The van der Waals surface area contributed by atoms with E-state index in [9.17, 15) is 14.7 Å². The molecule has 0 aromatic rings. The third-order valence-electron chi connectivity index (χ3n) is 2.51. The van der Waals surface area contributed by atoms with E-state index in [0.717, 1.165) is 0 Å². The molecule has 0 aromatic heterocycles. The normalized spacial score (nSPS) is 14.2. The Morgan fingerprint density at radius 3 is 2.00 bits per heavy atom. The zero-order valence-corrected chi connectivity index (χ0v) is 13.7. The van der Waals surface area contributed by atoms with Crippen molar-refractivity contribution in [2.45, 2.75) is 84.6 Å². The smallest absolute Gasteiger partial charge is 0.306 e. The molecule has 0 aliphatic heterocycles. The Hall–Kier alpha value is -0.940. The quantitative estimate of drug-likeness (QED) is 0.699. The zero-order chi connectivity index (χ0) is 16.1. The van der Waals surface area contributed by atoms with Crippen LogP contribution >= 0.6 is 0 Å². The second kappa shape index (κ2) is 7.18. The van der Waals surface area contributed by atoms with E-state index in [0.29, 0.717) is 6.42 Å². The fourth-order valence-corrected chi connectivity index (χ4v) is 1.77. The number of Topliss-reactive ketones (excluding diaryl/α,β-unsaturated/α-hetero) is 1. The van der Waals surface area contributed by atoms with Gasteiger partial charge >= 0.3 is 5.97 Å². The van der Waals surface area contributed by atoms with Crippen LogP contribution in [0.2, 0.25) is 0 Å². The van der Waals surface area contributed by atoms with Crippen molar-refractivity contribution in [2.24, 2.45) is 0 Å². The van der Waals surface area contributed by atoms with E-state index in [1.807, 2.05) is 13.8 Å². The standard InChI is InChI=1S/C15H29NO4/c1-10(2)16-11(13(18)15(6,7)19)8-9-12(17)20-14(3,4)5/h10-11,16,19H,8-9H2,1-7H3/t11-/m1/s1. The van der Waals surface area contributed by atoms with Crippen molar-refractivity contribution in [1.29, 1.82) is 0 Å². The first-order valence-corrected chi connectivity index (χ1v) is 7.07. The highest BCUT2D eigenvalue weighted by atomic mass is 16.6. The Balaban J connectivity index is 4.61. The molecule has 0 unspecified atom stereocenters. The van der Waals surface area contributed by atoms with E-state index in [1.54, 1.807) is 20.8 Å². The molecule has 0 radical (unpaired) electrons. The van der Waals surface area contributed by atoms with Gasteiger partial charge in [0.1, 0.15) is 11.2 Å². The second-order valence-electron chi connectivity index (χ2n) is 6.92. The average molecular weight is 287 g/mol. The number of ketones is 1. The molecule has 0 bridgehead atoms. The molecule has 20 heavy (non-hydrogen) atoms. The van der Waals surface area contributed by atoms with Gasteiger partial charge in [-0.2, -0.15) is 0 Å². The lowest BCUT2D eigenvalue weighted by molar-refractivity contribution is -0.155. The van der Waals surface area contributed by atoms with Crippen LogP contribution in [-0.4, -0.2) is 40.1 Å². The van der Waals surface area contributed by atoms with Crippen molar-refractivity contribution in [2.75, 3.05) is 0 Å². The predicted molar refractivity (Wildman–Crippen MR) is 78.4 cm³/mol. The van der Waals surface area contributed by atoms with Gasteiger partial charge in [-0.25, -0.2) is 0 Å². The van der Waals surface area contributed by atoms with Crippen LogP contribution in [0.5, 0.6) is 0 Å². The Bertz CT molecular complexity index is 337. The van der Waals surface area contributed by atoms with Crippen LogP contribution < -0.4 is 5.32 Å². The summed E-state index contributed by atoms with van der Waals surface area (Å²) in [4.78, 5) is 23.8. The number of ether oxygens (including phenoxy) is 1. The maximum absolute atomic E-state index is 12.1. The van der Waals surface area contributed by atoms with Crippen LogP contribution in [0.1, 0.15) is 61.3 Å². The number of hydrogen-bond acceptors (Lipinski definition) is 5. The van der Waals surface area contributed by atoms with Crippen LogP contribution in [0, 0.1) is 0 Å². The van der Waals surface area contributed by atoms with Gasteiger partial charge in [-0.3, -0.25) is 9.59 Å². The van der Waals surface area contributed by atoms with E-state index >= 15 is 0 Å².